The molecule has 0 atom stereocenters. The Hall–Kier alpha value is -10.5. The summed E-state index contributed by atoms with van der Waals surface area (Å²) in [4.78, 5) is 4.84. The Morgan fingerprint density at radius 2 is 0.778 bits per heavy atom. The maximum atomic E-state index is 7.46. The van der Waals surface area contributed by atoms with Gasteiger partial charge in [0.15, 0.2) is 5.58 Å². The van der Waals surface area contributed by atoms with E-state index in [0.29, 0.717) is 0 Å². The first-order valence-electron chi connectivity index (χ1n) is 28.1. The number of anilines is 6. The summed E-state index contributed by atoms with van der Waals surface area (Å²) in [5.41, 5.74) is 17.2. The number of furan rings is 2. The summed E-state index contributed by atoms with van der Waals surface area (Å²) in [5, 5.41) is 13.5. The molecule has 384 valence electrons. The molecule has 0 amide bonds. The number of benzene rings is 12. The highest BCUT2D eigenvalue weighted by molar-refractivity contribution is 6.36. The molecule has 7 heteroatoms. The zero-order valence-corrected chi connectivity index (χ0v) is 44.6. The van der Waals surface area contributed by atoms with Gasteiger partial charge in [-0.15, -0.1) is 0 Å². The quantitative estimate of drug-likeness (QED) is 0.145. The fourth-order valence-electron chi connectivity index (χ4n) is 13.7. The predicted octanol–water partition coefficient (Wildman–Crippen LogP) is 20.9. The Morgan fingerprint density at radius 3 is 1.38 bits per heavy atom. The first kappa shape index (κ1) is 45.5. The van der Waals surface area contributed by atoms with Crippen LogP contribution in [0.1, 0.15) is 13.8 Å². The van der Waals surface area contributed by atoms with Gasteiger partial charge < -0.3 is 32.3 Å². The number of aromatic nitrogens is 3. The van der Waals surface area contributed by atoms with Gasteiger partial charge in [0.05, 0.1) is 44.2 Å². The van der Waals surface area contributed by atoms with Gasteiger partial charge in [0.2, 0.25) is 0 Å². The Bertz CT molecular complexity index is 5410. The summed E-state index contributed by atoms with van der Waals surface area (Å²) >= 11 is 0. The number of nitrogens with zero attached hydrogens (tertiary/aromatic N) is 5. The van der Waals surface area contributed by atoms with Crippen LogP contribution in [0.4, 0.5) is 34.1 Å². The minimum Gasteiger partial charge on any atom is -0.455 e. The summed E-state index contributed by atoms with van der Waals surface area (Å²) in [5.74, 6) is 0. The number of fused-ring (bicyclic) bond motifs is 18. The summed E-state index contributed by atoms with van der Waals surface area (Å²) in [6.07, 6.45) is 0. The van der Waals surface area contributed by atoms with Gasteiger partial charge in [-0.05, 0) is 122 Å². The number of rotatable bonds is 9. The van der Waals surface area contributed by atoms with Gasteiger partial charge in [-0.2, -0.15) is 0 Å². The van der Waals surface area contributed by atoms with E-state index in [9.17, 15) is 0 Å². The maximum absolute atomic E-state index is 7.46. The molecule has 17 rings (SSSR count). The molecular weight excluding hydrogens is 991 g/mol. The Morgan fingerprint density at radius 1 is 0.309 bits per heavy atom. The zero-order valence-electron chi connectivity index (χ0n) is 44.6. The molecule has 0 bridgehead atoms. The van der Waals surface area contributed by atoms with Crippen molar-refractivity contribution in [3.05, 3.63) is 249 Å². The highest BCUT2D eigenvalue weighted by Gasteiger charge is 2.31. The van der Waals surface area contributed by atoms with E-state index in [1.54, 1.807) is 0 Å². The molecule has 5 heterocycles. The third-order valence-corrected chi connectivity index (χ3v) is 17.1. The fraction of sp³-hybridized carbons (Fsp3) is 0.0541. The molecule has 7 nitrogen and oxygen atoms in total. The molecule has 5 aromatic heterocycles. The number of hydrogen-bond donors (Lipinski definition) is 0. The van der Waals surface area contributed by atoms with Crippen LogP contribution in [0.15, 0.2) is 258 Å². The van der Waals surface area contributed by atoms with Crippen LogP contribution in [0.5, 0.6) is 0 Å². The Balaban J connectivity index is 1.05. The van der Waals surface area contributed by atoms with Crippen molar-refractivity contribution in [3.8, 4) is 5.69 Å². The van der Waals surface area contributed by atoms with E-state index < -0.39 is 0 Å². The van der Waals surface area contributed by atoms with Gasteiger partial charge >= 0.3 is 0 Å². The molecule has 0 saturated heterocycles. The molecule has 12 aromatic carbocycles. The molecule has 0 unspecified atom stereocenters. The van der Waals surface area contributed by atoms with E-state index in [0.717, 1.165) is 124 Å². The van der Waals surface area contributed by atoms with Crippen LogP contribution in [0.25, 0.3) is 126 Å². The first-order chi connectivity index (χ1) is 40.1. The van der Waals surface area contributed by atoms with Gasteiger partial charge in [0, 0.05) is 95.6 Å². The molecule has 81 heavy (non-hydrogen) atoms. The summed E-state index contributed by atoms with van der Waals surface area (Å²) in [7, 11) is 0. The van der Waals surface area contributed by atoms with Crippen molar-refractivity contribution >= 4 is 154 Å². The topological polar surface area (TPSA) is 47.6 Å². The van der Waals surface area contributed by atoms with Crippen molar-refractivity contribution in [1.82, 2.24) is 13.7 Å². The Kier molecular flexibility index (Phi) is 9.83. The molecular formula is C74H51N5O2. The molecule has 0 aliphatic rings. The Labute approximate surface area is 465 Å². The minimum absolute atomic E-state index is 0.792. The summed E-state index contributed by atoms with van der Waals surface area (Å²) in [6.45, 7) is 6.15. The van der Waals surface area contributed by atoms with Gasteiger partial charge in [0.25, 0.3) is 0 Å². The SMILES string of the molecule is CCn1c2ccccc2c2ccc(N(c3ccccc3)c3cc4c(c5c3oc3ccccc35)c3c5oc6ccccc6c5c(N(c5ccccc5)c5ccc6c7ccccc7n(CC)c6c5)cc3n4-c3ccc4ccccc4c3)cc21. The van der Waals surface area contributed by atoms with Crippen molar-refractivity contribution in [2.45, 2.75) is 26.9 Å². The van der Waals surface area contributed by atoms with Crippen LogP contribution in [-0.4, -0.2) is 13.7 Å². The normalized spacial score (nSPS) is 12.2. The van der Waals surface area contributed by atoms with E-state index in [-0.39, 0.29) is 0 Å². The van der Waals surface area contributed by atoms with Gasteiger partial charge in [0.1, 0.15) is 16.7 Å². The standard InChI is InChI=1S/C74H51N5O2/c1-3-75-59-31-17-13-27-53(59)55-39-37-51(42-61(55)75)77(48-23-7-5-8-24-48)63-44-65-72(74-69(63)57-29-15-19-33-67(57)81-74)71-64(79(65)50-36-35-46-21-11-12-22-47(46)41-50)45-66(73-70(71)58-30-16-20-34-68(58)80-73)78(49-25-9-6-10-26-49)52-38-40-56-54-28-14-18-32-60(54)76(4-2)62(56)43-52/h5-45H,3-4H2,1-2H3. The predicted molar refractivity (Wildman–Crippen MR) is 340 cm³/mol. The number of hydrogen-bond acceptors (Lipinski definition) is 4. The lowest BCUT2D eigenvalue weighted by Crippen LogP contribution is -2.11. The molecule has 0 spiro atoms. The third kappa shape index (κ3) is 6.57. The van der Waals surface area contributed by atoms with Crippen LogP contribution < -0.4 is 9.80 Å². The van der Waals surface area contributed by atoms with Crippen LogP contribution in [-0.2, 0) is 13.1 Å². The molecule has 17 aromatic rings. The fourth-order valence-corrected chi connectivity index (χ4v) is 13.7. The van der Waals surface area contributed by atoms with Crippen LogP contribution in [0.3, 0.4) is 0 Å². The van der Waals surface area contributed by atoms with Crippen LogP contribution in [0, 0.1) is 0 Å². The van der Waals surface area contributed by atoms with E-state index in [1.807, 2.05) is 0 Å². The van der Waals surface area contributed by atoms with E-state index >= 15 is 0 Å². The first-order valence-corrected chi connectivity index (χ1v) is 28.1. The third-order valence-electron chi connectivity index (χ3n) is 17.1. The van der Waals surface area contributed by atoms with Crippen molar-refractivity contribution in [1.29, 1.82) is 0 Å². The summed E-state index contributed by atoms with van der Waals surface area (Å²) < 4.78 is 22.2. The second-order valence-electron chi connectivity index (χ2n) is 21.3. The van der Waals surface area contributed by atoms with E-state index in [2.05, 4.69) is 286 Å². The lowest BCUT2D eigenvalue weighted by molar-refractivity contribution is 0.669. The molecule has 0 fully saturated rings. The zero-order chi connectivity index (χ0) is 53.4. The minimum atomic E-state index is 0.792. The van der Waals surface area contributed by atoms with Crippen LogP contribution in [0.2, 0.25) is 0 Å². The monoisotopic (exact) mass is 1040 g/mol. The molecule has 0 saturated carbocycles. The molecule has 0 radical (unpaired) electrons. The largest absolute Gasteiger partial charge is 0.455 e. The molecule has 0 N–H and O–H groups in total. The highest BCUT2D eigenvalue weighted by atomic mass is 16.3. The van der Waals surface area contributed by atoms with Crippen molar-refractivity contribution in [3.63, 3.8) is 0 Å². The lowest BCUT2D eigenvalue weighted by Gasteiger charge is -2.27. The average molecular weight is 1040 g/mol. The second kappa shape index (κ2) is 17.5. The van der Waals surface area contributed by atoms with Crippen molar-refractivity contribution in [2.24, 2.45) is 0 Å². The van der Waals surface area contributed by atoms with E-state index in [1.165, 1.54) is 49.0 Å². The van der Waals surface area contributed by atoms with Crippen LogP contribution >= 0.6 is 0 Å². The summed E-state index contributed by atoms with van der Waals surface area (Å²) in [6, 6.07) is 90.4. The van der Waals surface area contributed by atoms with Crippen molar-refractivity contribution in [2.75, 3.05) is 9.80 Å². The lowest BCUT2D eigenvalue weighted by atomic mass is 10.00. The molecule has 0 aliphatic carbocycles. The highest BCUT2D eigenvalue weighted by Crippen LogP contribution is 2.54. The van der Waals surface area contributed by atoms with E-state index in [4.69, 9.17) is 8.83 Å². The maximum Gasteiger partial charge on any atom is 0.160 e. The number of para-hydroxylation sites is 6. The molecule has 0 aliphatic heterocycles. The second-order valence-corrected chi connectivity index (χ2v) is 21.3. The van der Waals surface area contributed by atoms with Gasteiger partial charge in [-0.25, -0.2) is 0 Å². The number of aryl methyl sites for hydroxylation is 2. The smallest absolute Gasteiger partial charge is 0.160 e. The van der Waals surface area contributed by atoms with Gasteiger partial charge in [-0.3, -0.25) is 0 Å². The average Bonchev–Trinajstić information content (AvgIpc) is 4.50. The van der Waals surface area contributed by atoms with Gasteiger partial charge in [-0.1, -0.05) is 152 Å². The van der Waals surface area contributed by atoms with Crippen molar-refractivity contribution < 1.29 is 8.83 Å².